The van der Waals surface area contributed by atoms with Crippen molar-refractivity contribution in [1.29, 1.82) is 0 Å². The monoisotopic (exact) mass is 304 g/mol. The maximum Gasteiger partial charge on any atom is 0.217 e. The molecule has 0 aromatic heterocycles. The first-order valence-electron chi connectivity index (χ1n) is 7.81. The Hall–Kier alpha value is -0.170. The van der Waals surface area contributed by atoms with Crippen LogP contribution in [0.2, 0.25) is 0 Å². The second-order valence-corrected chi connectivity index (χ2v) is 8.38. The predicted octanol–water partition coefficient (Wildman–Crippen LogP) is 1.21. The maximum atomic E-state index is 12.9. The highest BCUT2D eigenvalue weighted by Crippen LogP contribution is 2.24. The first kappa shape index (κ1) is 16.2. The average Bonchev–Trinajstić information content (AvgIpc) is 2.46. The van der Waals surface area contributed by atoms with Crippen LogP contribution in [0.5, 0.6) is 0 Å². The summed E-state index contributed by atoms with van der Waals surface area (Å²) in [5, 5.41) is 3.09. The lowest BCUT2D eigenvalue weighted by Gasteiger charge is -2.35. The molecule has 0 saturated carbocycles. The molecule has 118 valence electrons. The fraction of sp³-hybridized carbons (Fsp3) is 1.00. The van der Waals surface area contributed by atoms with Gasteiger partial charge >= 0.3 is 0 Å². The highest BCUT2D eigenvalue weighted by atomic mass is 32.2. The van der Waals surface area contributed by atoms with Crippen molar-refractivity contribution in [2.45, 2.75) is 50.8 Å². The Bertz CT molecular complexity index is 385. The number of nitrogens with one attached hydrogen (secondary N) is 1. The van der Waals surface area contributed by atoms with Crippen molar-refractivity contribution in [1.82, 2.24) is 9.62 Å². The summed E-state index contributed by atoms with van der Waals surface area (Å²) in [5.74, 6) is 0.494. The molecule has 0 aliphatic carbocycles. The molecule has 2 aliphatic rings. The van der Waals surface area contributed by atoms with Crippen molar-refractivity contribution in [3.8, 4) is 0 Å². The van der Waals surface area contributed by atoms with E-state index in [1.165, 1.54) is 0 Å². The lowest BCUT2D eigenvalue weighted by molar-refractivity contribution is 0.0965. The van der Waals surface area contributed by atoms with Crippen LogP contribution in [0.4, 0.5) is 0 Å². The molecule has 0 bridgehead atoms. The molecule has 0 atom stereocenters. The van der Waals surface area contributed by atoms with Crippen molar-refractivity contribution in [3.05, 3.63) is 0 Å². The molecule has 0 aromatic carbocycles. The van der Waals surface area contributed by atoms with E-state index in [1.807, 2.05) is 13.8 Å². The predicted molar refractivity (Wildman–Crippen MR) is 80.2 cm³/mol. The zero-order valence-corrected chi connectivity index (χ0v) is 13.5. The number of nitrogens with zero attached hydrogens (tertiary/aromatic N) is 1. The lowest BCUT2D eigenvalue weighted by atomic mass is 9.98. The molecule has 20 heavy (non-hydrogen) atoms. The first-order valence-corrected chi connectivity index (χ1v) is 9.31. The molecule has 2 saturated heterocycles. The van der Waals surface area contributed by atoms with E-state index in [0.29, 0.717) is 38.5 Å². The Morgan fingerprint density at radius 2 is 1.75 bits per heavy atom. The molecule has 2 fully saturated rings. The van der Waals surface area contributed by atoms with Gasteiger partial charge in [0.1, 0.15) is 0 Å². The summed E-state index contributed by atoms with van der Waals surface area (Å²) >= 11 is 0. The van der Waals surface area contributed by atoms with Gasteiger partial charge in [-0.2, -0.15) is 4.31 Å². The molecular weight excluding hydrogens is 276 g/mol. The summed E-state index contributed by atoms with van der Waals surface area (Å²) in [7, 11) is -3.19. The molecule has 0 unspecified atom stereocenters. The summed E-state index contributed by atoms with van der Waals surface area (Å²) in [6.07, 6.45) is 3.43. The van der Waals surface area contributed by atoms with Gasteiger partial charge in [-0.15, -0.1) is 0 Å². The number of rotatable bonds is 5. The largest absolute Gasteiger partial charge is 0.381 e. The molecule has 2 heterocycles. The third-order valence-corrected chi connectivity index (χ3v) is 6.93. The average molecular weight is 304 g/mol. The third kappa shape index (κ3) is 3.93. The van der Waals surface area contributed by atoms with Crippen LogP contribution in [0, 0.1) is 5.92 Å². The molecule has 0 aromatic rings. The summed E-state index contributed by atoms with van der Waals surface area (Å²) in [5.41, 5.74) is 0. The summed E-state index contributed by atoms with van der Waals surface area (Å²) in [6.45, 7) is 7.81. The SMILES string of the molecule is CC(C)N(CC1CCNCC1)S(=O)(=O)C1CCOCC1. The van der Waals surface area contributed by atoms with Gasteiger partial charge in [-0.3, -0.25) is 0 Å². The van der Waals surface area contributed by atoms with Gasteiger partial charge in [0.05, 0.1) is 5.25 Å². The van der Waals surface area contributed by atoms with Crippen LogP contribution in [-0.4, -0.2) is 56.9 Å². The second kappa shape index (κ2) is 7.20. The van der Waals surface area contributed by atoms with Crippen molar-refractivity contribution in [2.75, 3.05) is 32.8 Å². The second-order valence-electron chi connectivity index (χ2n) is 6.21. The van der Waals surface area contributed by atoms with Crippen LogP contribution < -0.4 is 5.32 Å². The standard InChI is InChI=1S/C14H28N2O3S/c1-12(2)16(11-13-3-7-15-8-4-13)20(17,18)14-5-9-19-10-6-14/h12-15H,3-11H2,1-2H3. The van der Waals surface area contributed by atoms with Crippen LogP contribution in [0.3, 0.4) is 0 Å². The van der Waals surface area contributed by atoms with Gasteiger partial charge in [-0.25, -0.2) is 8.42 Å². The highest BCUT2D eigenvalue weighted by molar-refractivity contribution is 7.89. The van der Waals surface area contributed by atoms with Gasteiger partial charge in [0.25, 0.3) is 0 Å². The maximum absolute atomic E-state index is 12.9. The molecule has 0 radical (unpaired) electrons. The van der Waals surface area contributed by atoms with Crippen LogP contribution >= 0.6 is 0 Å². The number of hydrogen-bond acceptors (Lipinski definition) is 4. The zero-order valence-electron chi connectivity index (χ0n) is 12.7. The van der Waals surface area contributed by atoms with Gasteiger partial charge in [0.2, 0.25) is 10.0 Å². The van der Waals surface area contributed by atoms with Crippen LogP contribution in [0.15, 0.2) is 0 Å². The molecule has 1 N–H and O–H groups in total. The molecule has 5 nitrogen and oxygen atoms in total. The Balaban J connectivity index is 2.05. The van der Waals surface area contributed by atoms with Crippen molar-refractivity contribution in [3.63, 3.8) is 0 Å². The van der Waals surface area contributed by atoms with Gasteiger partial charge in [0.15, 0.2) is 0 Å². The fourth-order valence-electron chi connectivity index (χ4n) is 3.09. The summed E-state index contributed by atoms with van der Waals surface area (Å²) < 4.78 is 32.8. The van der Waals surface area contributed by atoms with E-state index in [-0.39, 0.29) is 11.3 Å². The number of sulfonamides is 1. The normalized spacial score (nSPS) is 23.6. The Morgan fingerprint density at radius 1 is 1.15 bits per heavy atom. The number of ether oxygens (including phenoxy) is 1. The van der Waals surface area contributed by atoms with Crippen LogP contribution in [0.25, 0.3) is 0 Å². The minimum absolute atomic E-state index is 0.0396. The van der Waals surface area contributed by atoms with E-state index in [1.54, 1.807) is 4.31 Å². The highest BCUT2D eigenvalue weighted by Gasteiger charge is 2.36. The van der Waals surface area contributed by atoms with E-state index in [0.717, 1.165) is 25.9 Å². The number of piperidine rings is 1. The van der Waals surface area contributed by atoms with E-state index in [2.05, 4.69) is 5.32 Å². The van der Waals surface area contributed by atoms with E-state index >= 15 is 0 Å². The Labute approximate surface area is 123 Å². The van der Waals surface area contributed by atoms with Crippen molar-refractivity contribution >= 4 is 10.0 Å². The van der Waals surface area contributed by atoms with Crippen molar-refractivity contribution in [2.24, 2.45) is 5.92 Å². The van der Waals surface area contributed by atoms with Crippen molar-refractivity contribution < 1.29 is 13.2 Å². The fourth-order valence-corrected chi connectivity index (χ4v) is 5.27. The van der Waals surface area contributed by atoms with E-state index in [9.17, 15) is 8.42 Å². The summed E-state index contributed by atoms with van der Waals surface area (Å²) in [6, 6.07) is 0.0396. The molecule has 2 aliphatic heterocycles. The minimum Gasteiger partial charge on any atom is -0.381 e. The lowest BCUT2D eigenvalue weighted by Crippen LogP contribution is -2.47. The molecular formula is C14H28N2O3S. The topological polar surface area (TPSA) is 58.6 Å². The Kier molecular flexibility index (Phi) is 5.84. The first-order chi connectivity index (χ1) is 9.51. The third-order valence-electron chi connectivity index (χ3n) is 4.39. The van der Waals surface area contributed by atoms with Gasteiger partial charge in [0, 0.05) is 25.8 Å². The molecule has 0 spiro atoms. The smallest absolute Gasteiger partial charge is 0.217 e. The van der Waals surface area contributed by atoms with Gasteiger partial charge in [-0.1, -0.05) is 0 Å². The van der Waals surface area contributed by atoms with Gasteiger partial charge < -0.3 is 10.1 Å². The Morgan fingerprint density at radius 3 is 2.30 bits per heavy atom. The molecule has 2 rings (SSSR count). The number of hydrogen-bond donors (Lipinski definition) is 1. The van der Waals surface area contributed by atoms with Crippen LogP contribution in [0.1, 0.15) is 39.5 Å². The van der Waals surface area contributed by atoms with Crippen LogP contribution in [-0.2, 0) is 14.8 Å². The molecule has 0 amide bonds. The molecule has 6 heteroatoms. The minimum atomic E-state index is -3.19. The quantitative estimate of drug-likeness (QED) is 0.829. The van der Waals surface area contributed by atoms with E-state index in [4.69, 9.17) is 4.74 Å². The summed E-state index contributed by atoms with van der Waals surface area (Å²) in [4.78, 5) is 0. The van der Waals surface area contributed by atoms with E-state index < -0.39 is 10.0 Å². The zero-order chi connectivity index (χ0) is 14.6. The van der Waals surface area contributed by atoms with Gasteiger partial charge in [-0.05, 0) is 58.5 Å².